The van der Waals surface area contributed by atoms with E-state index in [1.165, 1.54) is 0 Å². The molecule has 0 bridgehead atoms. The van der Waals surface area contributed by atoms with E-state index < -0.39 is 0 Å². The van der Waals surface area contributed by atoms with Crippen molar-refractivity contribution in [3.63, 3.8) is 0 Å². The Hall–Kier alpha value is -1.29. The zero-order valence-electron chi connectivity index (χ0n) is 9.85. The summed E-state index contributed by atoms with van der Waals surface area (Å²) in [6.07, 6.45) is 3.72. The van der Waals surface area contributed by atoms with Crippen molar-refractivity contribution < 1.29 is 9.21 Å². The summed E-state index contributed by atoms with van der Waals surface area (Å²) in [5, 5.41) is 0. The first-order valence-electron chi connectivity index (χ1n) is 5.67. The second-order valence-corrected chi connectivity index (χ2v) is 4.53. The van der Waals surface area contributed by atoms with Crippen LogP contribution in [-0.4, -0.2) is 48.9 Å². The van der Waals surface area contributed by atoms with Crippen molar-refractivity contribution in [2.75, 3.05) is 27.2 Å². The summed E-state index contributed by atoms with van der Waals surface area (Å²) in [7, 11) is 4.07. The molecule has 1 aromatic heterocycles. The Morgan fingerprint density at radius 1 is 1.62 bits per heavy atom. The summed E-state index contributed by atoms with van der Waals surface area (Å²) in [5.74, 6) is 0.472. The van der Waals surface area contributed by atoms with Gasteiger partial charge >= 0.3 is 0 Å². The third-order valence-corrected chi connectivity index (χ3v) is 2.95. The Bertz CT molecular complexity index is 346. The summed E-state index contributed by atoms with van der Waals surface area (Å²) in [4.78, 5) is 16.2. The molecule has 0 aromatic carbocycles. The van der Waals surface area contributed by atoms with Gasteiger partial charge in [-0.15, -0.1) is 0 Å². The van der Waals surface area contributed by atoms with E-state index in [0.29, 0.717) is 11.8 Å². The fourth-order valence-electron chi connectivity index (χ4n) is 2.26. The zero-order valence-corrected chi connectivity index (χ0v) is 9.85. The number of furan rings is 1. The molecule has 4 heteroatoms. The van der Waals surface area contributed by atoms with Crippen LogP contribution in [0, 0.1) is 0 Å². The van der Waals surface area contributed by atoms with Crippen molar-refractivity contribution in [1.29, 1.82) is 0 Å². The van der Waals surface area contributed by atoms with Crippen molar-refractivity contribution >= 4 is 5.91 Å². The molecule has 0 saturated carbocycles. The number of nitrogens with zero attached hydrogens (tertiary/aromatic N) is 2. The van der Waals surface area contributed by atoms with Gasteiger partial charge in [0.15, 0.2) is 5.76 Å². The highest BCUT2D eigenvalue weighted by Crippen LogP contribution is 2.20. The quantitative estimate of drug-likeness (QED) is 0.776. The summed E-state index contributed by atoms with van der Waals surface area (Å²) < 4.78 is 5.16. The molecule has 1 fully saturated rings. The fraction of sp³-hybridized carbons (Fsp3) is 0.583. The standard InChI is InChI=1S/C12H18N2O2/c1-13(2)9-10-5-3-7-14(10)12(15)11-6-4-8-16-11/h4,6,8,10H,3,5,7,9H2,1-2H3. The van der Waals surface area contributed by atoms with E-state index >= 15 is 0 Å². The molecule has 16 heavy (non-hydrogen) atoms. The van der Waals surface area contributed by atoms with Gasteiger partial charge in [-0.05, 0) is 39.1 Å². The highest BCUT2D eigenvalue weighted by molar-refractivity contribution is 5.91. The summed E-state index contributed by atoms with van der Waals surface area (Å²) >= 11 is 0. The number of carbonyl (C=O) groups excluding carboxylic acids is 1. The maximum atomic E-state index is 12.1. The largest absolute Gasteiger partial charge is 0.459 e. The number of likely N-dealkylation sites (tertiary alicyclic amines) is 1. The van der Waals surface area contributed by atoms with E-state index in [0.717, 1.165) is 25.9 Å². The minimum atomic E-state index is 0.0225. The normalized spacial score (nSPS) is 20.7. The Balaban J connectivity index is 2.05. The molecule has 4 nitrogen and oxygen atoms in total. The van der Waals surface area contributed by atoms with E-state index in [1.807, 2.05) is 19.0 Å². The fourth-order valence-corrected chi connectivity index (χ4v) is 2.26. The molecule has 2 rings (SSSR count). The van der Waals surface area contributed by atoms with Crippen LogP contribution >= 0.6 is 0 Å². The van der Waals surface area contributed by atoms with Crippen LogP contribution in [0.5, 0.6) is 0 Å². The van der Waals surface area contributed by atoms with Gasteiger partial charge in [0.25, 0.3) is 5.91 Å². The minimum absolute atomic E-state index is 0.0225. The minimum Gasteiger partial charge on any atom is -0.459 e. The molecule has 0 spiro atoms. The Labute approximate surface area is 95.8 Å². The second kappa shape index (κ2) is 4.70. The molecule has 1 unspecified atom stereocenters. The average molecular weight is 222 g/mol. The maximum absolute atomic E-state index is 12.1. The first-order valence-corrected chi connectivity index (χ1v) is 5.67. The van der Waals surface area contributed by atoms with Crippen molar-refractivity contribution in [2.45, 2.75) is 18.9 Å². The topological polar surface area (TPSA) is 36.7 Å². The van der Waals surface area contributed by atoms with Crippen LogP contribution in [0.2, 0.25) is 0 Å². The van der Waals surface area contributed by atoms with Gasteiger partial charge in [0, 0.05) is 19.1 Å². The van der Waals surface area contributed by atoms with Crippen LogP contribution in [0.15, 0.2) is 22.8 Å². The number of rotatable bonds is 3. The maximum Gasteiger partial charge on any atom is 0.289 e. The van der Waals surface area contributed by atoms with Crippen molar-refractivity contribution in [2.24, 2.45) is 0 Å². The molecular weight excluding hydrogens is 204 g/mol. The molecule has 2 heterocycles. The molecule has 88 valence electrons. The lowest BCUT2D eigenvalue weighted by Crippen LogP contribution is -2.41. The summed E-state index contributed by atoms with van der Waals surface area (Å²) in [6.45, 7) is 1.77. The smallest absolute Gasteiger partial charge is 0.289 e. The van der Waals surface area contributed by atoms with Crippen LogP contribution in [0.25, 0.3) is 0 Å². The van der Waals surface area contributed by atoms with E-state index in [9.17, 15) is 4.79 Å². The monoisotopic (exact) mass is 222 g/mol. The first-order chi connectivity index (χ1) is 7.68. The van der Waals surface area contributed by atoms with Gasteiger partial charge in [0.1, 0.15) is 0 Å². The number of carbonyl (C=O) groups is 1. The second-order valence-electron chi connectivity index (χ2n) is 4.53. The number of amides is 1. The SMILES string of the molecule is CN(C)CC1CCCN1C(=O)c1ccco1. The van der Waals surface area contributed by atoms with Gasteiger partial charge < -0.3 is 14.2 Å². The molecule has 1 amide bonds. The zero-order chi connectivity index (χ0) is 11.5. The lowest BCUT2D eigenvalue weighted by molar-refractivity contribution is 0.0684. The molecule has 1 aromatic rings. The molecule has 0 radical (unpaired) electrons. The van der Waals surface area contributed by atoms with E-state index in [-0.39, 0.29) is 5.91 Å². The molecule has 0 N–H and O–H groups in total. The van der Waals surface area contributed by atoms with Crippen LogP contribution in [0.3, 0.4) is 0 Å². The average Bonchev–Trinajstić information content (AvgIpc) is 2.84. The molecular formula is C12H18N2O2. The molecule has 0 aliphatic carbocycles. The summed E-state index contributed by atoms with van der Waals surface area (Å²) in [6, 6.07) is 3.81. The van der Waals surface area contributed by atoms with Gasteiger partial charge in [-0.3, -0.25) is 4.79 Å². The van der Waals surface area contributed by atoms with Gasteiger partial charge in [-0.2, -0.15) is 0 Å². The van der Waals surface area contributed by atoms with E-state index in [4.69, 9.17) is 4.42 Å². The van der Waals surface area contributed by atoms with E-state index in [2.05, 4.69) is 4.90 Å². The lowest BCUT2D eigenvalue weighted by atomic mass is 10.2. The highest BCUT2D eigenvalue weighted by atomic mass is 16.3. The third-order valence-electron chi connectivity index (χ3n) is 2.95. The van der Waals surface area contributed by atoms with Gasteiger partial charge in [-0.1, -0.05) is 0 Å². The first kappa shape index (κ1) is 11.2. The van der Waals surface area contributed by atoms with Crippen molar-refractivity contribution in [3.8, 4) is 0 Å². The van der Waals surface area contributed by atoms with Crippen LogP contribution in [0.4, 0.5) is 0 Å². The third kappa shape index (κ3) is 2.27. The number of hydrogen-bond donors (Lipinski definition) is 0. The van der Waals surface area contributed by atoms with Crippen molar-refractivity contribution in [1.82, 2.24) is 9.80 Å². The Morgan fingerprint density at radius 3 is 3.06 bits per heavy atom. The van der Waals surface area contributed by atoms with Gasteiger partial charge in [0.05, 0.1) is 6.26 Å². The van der Waals surface area contributed by atoms with Gasteiger partial charge in [-0.25, -0.2) is 0 Å². The molecule has 1 aliphatic heterocycles. The van der Waals surface area contributed by atoms with Crippen molar-refractivity contribution in [3.05, 3.63) is 24.2 Å². The lowest BCUT2D eigenvalue weighted by Gasteiger charge is -2.26. The van der Waals surface area contributed by atoms with Crippen LogP contribution < -0.4 is 0 Å². The Kier molecular flexibility index (Phi) is 3.29. The summed E-state index contributed by atoms with van der Waals surface area (Å²) in [5.41, 5.74) is 0. The number of hydrogen-bond acceptors (Lipinski definition) is 3. The van der Waals surface area contributed by atoms with Gasteiger partial charge in [0.2, 0.25) is 0 Å². The number of likely N-dealkylation sites (N-methyl/N-ethyl adjacent to an activating group) is 1. The predicted molar refractivity (Wildman–Crippen MR) is 61.3 cm³/mol. The molecule has 1 aliphatic rings. The van der Waals surface area contributed by atoms with Crippen LogP contribution in [-0.2, 0) is 0 Å². The van der Waals surface area contributed by atoms with Crippen LogP contribution in [0.1, 0.15) is 23.4 Å². The highest BCUT2D eigenvalue weighted by Gasteiger charge is 2.30. The predicted octanol–water partition coefficient (Wildman–Crippen LogP) is 1.45. The van der Waals surface area contributed by atoms with E-state index in [1.54, 1.807) is 18.4 Å². The molecule has 1 saturated heterocycles. The Morgan fingerprint density at radius 2 is 2.44 bits per heavy atom. The molecule has 1 atom stereocenters.